The van der Waals surface area contributed by atoms with Gasteiger partial charge in [-0.1, -0.05) is 6.92 Å². The molecule has 0 aromatic carbocycles. The van der Waals surface area contributed by atoms with Gasteiger partial charge in [0.2, 0.25) is 0 Å². The quantitative estimate of drug-likeness (QED) is 0.679. The normalized spacial score (nSPS) is 11.9. The molecule has 0 aliphatic heterocycles. The second-order valence-electron chi connectivity index (χ2n) is 3.68. The van der Waals surface area contributed by atoms with E-state index in [1.807, 2.05) is 6.92 Å². The van der Waals surface area contributed by atoms with Crippen LogP contribution in [-0.2, 0) is 0 Å². The molecule has 5 heteroatoms. The molecular formula is C11H17N3O2. The third kappa shape index (κ3) is 3.51. The second-order valence-corrected chi connectivity index (χ2v) is 3.68. The maximum absolute atomic E-state index is 11.3. The number of hydrogen-bond acceptors (Lipinski definition) is 4. The first kappa shape index (κ1) is 12.4. The first-order valence-corrected chi connectivity index (χ1v) is 5.20. The molecule has 1 heterocycles. The highest BCUT2D eigenvalue weighted by atomic mass is 16.3. The van der Waals surface area contributed by atoms with E-state index in [1.165, 1.54) is 0 Å². The van der Waals surface area contributed by atoms with Gasteiger partial charge in [0.15, 0.2) is 0 Å². The van der Waals surface area contributed by atoms with Crippen molar-refractivity contribution >= 4 is 11.6 Å². The number of aromatic nitrogens is 1. The number of rotatable bonds is 5. The largest absolute Gasteiger partial charge is 0.396 e. The Morgan fingerprint density at radius 1 is 1.62 bits per heavy atom. The van der Waals surface area contributed by atoms with E-state index in [0.29, 0.717) is 12.2 Å². The molecule has 0 aliphatic rings. The van der Waals surface area contributed by atoms with E-state index in [4.69, 9.17) is 5.11 Å². The number of carbonyl (C=O) groups is 1. The van der Waals surface area contributed by atoms with Gasteiger partial charge in [-0.2, -0.15) is 0 Å². The molecule has 0 radical (unpaired) electrons. The molecular weight excluding hydrogens is 206 g/mol. The van der Waals surface area contributed by atoms with Crippen molar-refractivity contribution in [2.75, 3.05) is 25.5 Å². The summed E-state index contributed by atoms with van der Waals surface area (Å²) >= 11 is 0. The number of hydrogen-bond donors (Lipinski definition) is 3. The van der Waals surface area contributed by atoms with E-state index in [9.17, 15) is 4.79 Å². The van der Waals surface area contributed by atoms with E-state index < -0.39 is 0 Å². The number of nitrogens with zero attached hydrogens (tertiary/aromatic N) is 1. The Morgan fingerprint density at radius 2 is 2.38 bits per heavy atom. The highest BCUT2D eigenvalue weighted by molar-refractivity contribution is 5.92. The summed E-state index contributed by atoms with van der Waals surface area (Å²) in [6.45, 7) is 2.74. The summed E-state index contributed by atoms with van der Waals surface area (Å²) in [5.41, 5.74) is 1.21. The highest BCUT2D eigenvalue weighted by Gasteiger charge is 2.05. The van der Waals surface area contributed by atoms with Crippen LogP contribution in [0.25, 0.3) is 0 Å². The van der Waals surface area contributed by atoms with Crippen LogP contribution >= 0.6 is 0 Å². The van der Waals surface area contributed by atoms with E-state index in [1.54, 1.807) is 25.4 Å². The molecule has 0 spiro atoms. The van der Waals surface area contributed by atoms with Gasteiger partial charge in [0.1, 0.15) is 5.69 Å². The van der Waals surface area contributed by atoms with Gasteiger partial charge in [0.25, 0.3) is 5.91 Å². The highest BCUT2D eigenvalue weighted by Crippen LogP contribution is 2.08. The van der Waals surface area contributed by atoms with E-state index in [-0.39, 0.29) is 18.4 Å². The monoisotopic (exact) mass is 223 g/mol. The third-order valence-corrected chi connectivity index (χ3v) is 2.19. The molecule has 1 aromatic heterocycles. The zero-order valence-corrected chi connectivity index (χ0v) is 9.53. The van der Waals surface area contributed by atoms with E-state index >= 15 is 0 Å². The van der Waals surface area contributed by atoms with E-state index in [0.717, 1.165) is 5.69 Å². The maximum Gasteiger partial charge on any atom is 0.269 e. The molecule has 0 saturated heterocycles. The Balaban J connectivity index is 2.64. The van der Waals surface area contributed by atoms with Gasteiger partial charge in [-0.15, -0.1) is 0 Å². The summed E-state index contributed by atoms with van der Waals surface area (Å²) in [5.74, 6) is -0.0320. The minimum Gasteiger partial charge on any atom is -0.396 e. The van der Waals surface area contributed by atoms with Gasteiger partial charge < -0.3 is 15.7 Å². The first-order chi connectivity index (χ1) is 7.67. The van der Waals surface area contributed by atoms with Crippen LogP contribution in [0.3, 0.4) is 0 Å². The van der Waals surface area contributed by atoms with Crippen molar-refractivity contribution in [1.82, 2.24) is 10.3 Å². The smallest absolute Gasteiger partial charge is 0.269 e. The molecule has 0 bridgehead atoms. The maximum atomic E-state index is 11.3. The summed E-state index contributed by atoms with van der Waals surface area (Å²) in [6.07, 6.45) is 1.58. The lowest BCUT2D eigenvalue weighted by molar-refractivity contribution is 0.0958. The van der Waals surface area contributed by atoms with Gasteiger partial charge in [-0.25, -0.2) is 0 Å². The first-order valence-electron chi connectivity index (χ1n) is 5.20. The standard InChI is InChI=1S/C11H17N3O2/c1-8(7-15)6-14-9-3-4-13-10(5-9)11(16)12-2/h3-5,8,15H,6-7H2,1-2H3,(H,12,16)(H,13,14). The Hall–Kier alpha value is -1.62. The van der Waals surface area contributed by atoms with Gasteiger partial charge in [-0.05, 0) is 18.1 Å². The number of nitrogens with one attached hydrogen (secondary N) is 2. The molecule has 16 heavy (non-hydrogen) atoms. The number of aliphatic hydroxyl groups is 1. The molecule has 88 valence electrons. The van der Waals surface area contributed by atoms with Gasteiger partial charge in [0, 0.05) is 32.1 Å². The summed E-state index contributed by atoms with van der Waals surface area (Å²) in [7, 11) is 1.57. The Morgan fingerprint density at radius 3 is 3.00 bits per heavy atom. The lowest BCUT2D eigenvalue weighted by Gasteiger charge is -2.11. The van der Waals surface area contributed by atoms with Crippen molar-refractivity contribution in [2.24, 2.45) is 5.92 Å². The number of carbonyl (C=O) groups excluding carboxylic acids is 1. The third-order valence-electron chi connectivity index (χ3n) is 2.19. The fourth-order valence-corrected chi connectivity index (χ4v) is 1.15. The summed E-state index contributed by atoms with van der Waals surface area (Å²) in [5, 5.41) is 14.5. The zero-order chi connectivity index (χ0) is 12.0. The number of anilines is 1. The number of aliphatic hydroxyl groups excluding tert-OH is 1. The lowest BCUT2D eigenvalue weighted by atomic mass is 10.2. The van der Waals surface area contributed by atoms with Gasteiger partial charge >= 0.3 is 0 Å². The van der Waals surface area contributed by atoms with Gasteiger partial charge in [0.05, 0.1) is 0 Å². The van der Waals surface area contributed by atoms with Crippen LogP contribution < -0.4 is 10.6 Å². The van der Waals surface area contributed by atoms with Crippen LogP contribution in [-0.4, -0.2) is 36.2 Å². The minimum absolute atomic E-state index is 0.139. The zero-order valence-electron chi connectivity index (χ0n) is 9.53. The van der Waals surface area contributed by atoms with Crippen LogP contribution in [0.4, 0.5) is 5.69 Å². The molecule has 3 N–H and O–H groups in total. The molecule has 1 atom stereocenters. The summed E-state index contributed by atoms with van der Waals surface area (Å²) in [4.78, 5) is 15.3. The summed E-state index contributed by atoms with van der Waals surface area (Å²) < 4.78 is 0. The van der Waals surface area contributed by atoms with Crippen molar-refractivity contribution in [2.45, 2.75) is 6.92 Å². The lowest BCUT2D eigenvalue weighted by Crippen LogP contribution is -2.20. The van der Waals surface area contributed by atoms with Crippen molar-refractivity contribution in [3.63, 3.8) is 0 Å². The average molecular weight is 223 g/mol. The number of amides is 1. The van der Waals surface area contributed by atoms with Crippen molar-refractivity contribution in [3.8, 4) is 0 Å². The molecule has 0 aliphatic carbocycles. The molecule has 1 unspecified atom stereocenters. The van der Waals surface area contributed by atoms with Crippen LogP contribution in [0.2, 0.25) is 0 Å². The fourth-order valence-electron chi connectivity index (χ4n) is 1.15. The average Bonchev–Trinajstić information content (AvgIpc) is 2.35. The Kier molecular flexibility index (Phi) is 4.72. The molecule has 5 nitrogen and oxygen atoms in total. The predicted molar refractivity (Wildman–Crippen MR) is 62.4 cm³/mol. The van der Waals surface area contributed by atoms with Crippen LogP contribution in [0.15, 0.2) is 18.3 Å². The Labute approximate surface area is 94.9 Å². The molecule has 0 fully saturated rings. The topological polar surface area (TPSA) is 74.2 Å². The molecule has 1 rings (SSSR count). The van der Waals surface area contributed by atoms with E-state index in [2.05, 4.69) is 15.6 Å². The fraction of sp³-hybridized carbons (Fsp3) is 0.455. The molecule has 0 saturated carbocycles. The van der Waals surface area contributed by atoms with Crippen molar-refractivity contribution in [1.29, 1.82) is 0 Å². The van der Waals surface area contributed by atoms with Crippen LogP contribution in [0.5, 0.6) is 0 Å². The second kappa shape index (κ2) is 6.07. The van der Waals surface area contributed by atoms with Crippen LogP contribution in [0.1, 0.15) is 17.4 Å². The predicted octanol–water partition coefficient (Wildman–Crippen LogP) is 0.481. The van der Waals surface area contributed by atoms with Crippen molar-refractivity contribution < 1.29 is 9.90 Å². The van der Waals surface area contributed by atoms with Gasteiger partial charge in [-0.3, -0.25) is 9.78 Å². The van der Waals surface area contributed by atoms with Crippen molar-refractivity contribution in [3.05, 3.63) is 24.0 Å². The minimum atomic E-state index is -0.209. The number of pyridine rings is 1. The summed E-state index contributed by atoms with van der Waals surface area (Å²) in [6, 6.07) is 3.47. The Bertz CT molecular complexity index is 355. The SMILES string of the molecule is CNC(=O)c1cc(NCC(C)CO)ccn1. The molecule has 1 amide bonds. The van der Waals surface area contributed by atoms with Crippen LogP contribution in [0, 0.1) is 5.92 Å². The molecule has 1 aromatic rings.